The van der Waals surface area contributed by atoms with Gasteiger partial charge >= 0.3 is 0 Å². The van der Waals surface area contributed by atoms with Crippen LogP contribution in [0, 0.1) is 0 Å². The molecule has 0 radical (unpaired) electrons. The molecular weight excluding hydrogens is 506 g/mol. The van der Waals surface area contributed by atoms with Crippen molar-refractivity contribution >= 4 is 51.9 Å². The van der Waals surface area contributed by atoms with Gasteiger partial charge in [-0.3, -0.25) is 14.6 Å². The molecule has 2 aromatic carbocycles. The van der Waals surface area contributed by atoms with Crippen molar-refractivity contribution in [2.75, 3.05) is 32.8 Å². The lowest BCUT2D eigenvalue weighted by atomic mass is 10.2. The van der Waals surface area contributed by atoms with Gasteiger partial charge in [-0.1, -0.05) is 89.9 Å². The third-order valence-corrected chi connectivity index (χ3v) is 9.49. The Bertz CT molecular complexity index is 1090. The third-order valence-electron chi connectivity index (χ3n) is 5.60. The normalized spacial score (nSPS) is 18.4. The molecule has 4 nitrogen and oxygen atoms in total. The fourth-order valence-corrected chi connectivity index (χ4v) is 7.49. The van der Waals surface area contributed by atoms with Crippen LogP contribution in [0.3, 0.4) is 0 Å². The van der Waals surface area contributed by atoms with Gasteiger partial charge in [0.1, 0.15) is 0 Å². The number of rotatable bonds is 9. The first kappa shape index (κ1) is 25.4. The lowest BCUT2D eigenvalue weighted by Gasteiger charge is -2.34. The van der Waals surface area contributed by atoms with Crippen LogP contribution in [0.4, 0.5) is 0 Å². The predicted octanol–water partition coefficient (Wildman–Crippen LogP) is 7.46. The van der Waals surface area contributed by atoms with Crippen molar-refractivity contribution in [2.45, 2.75) is 6.04 Å². The summed E-state index contributed by atoms with van der Waals surface area (Å²) in [6.07, 6.45) is 0. The second-order valence-electron chi connectivity index (χ2n) is 7.94. The maximum Gasteiger partial charge on any atom is 0.193 e. The van der Waals surface area contributed by atoms with Crippen molar-refractivity contribution in [3.8, 4) is 0 Å². The smallest absolute Gasteiger partial charge is 0.193 e. The highest BCUT2D eigenvalue weighted by Crippen LogP contribution is 2.50. The number of benzene rings is 2. The van der Waals surface area contributed by atoms with Gasteiger partial charge in [-0.2, -0.15) is 0 Å². The highest BCUT2D eigenvalue weighted by Gasteiger charge is 2.27. The quantitative estimate of drug-likeness (QED) is 0.290. The van der Waals surface area contributed by atoms with Crippen molar-refractivity contribution in [3.05, 3.63) is 106 Å². The van der Waals surface area contributed by atoms with Crippen molar-refractivity contribution in [1.29, 1.82) is 0 Å². The Kier molecular flexibility index (Phi) is 9.21. The molecule has 4 rings (SSSR count). The van der Waals surface area contributed by atoms with Crippen LogP contribution in [0.1, 0.15) is 22.0 Å². The molecule has 1 aliphatic heterocycles. The SMILES string of the molecule is O=P(/C=C(\Cl)c1ccccc1)(/C=C(/Cl)c1ccccc1)NCC(c1cccs1)N1CCOCC1. The van der Waals surface area contributed by atoms with E-state index in [9.17, 15) is 4.57 Å². The molecular formula is C26H27Cl2N2O2PS. The first-order valence-electron chi connectivity index (χ1n) is 11.1. The van der Waals surface area contributed by atoms with Crippen LogP contribution >= 0.6 is 41.8 Å². The van der Waals surface area contributed by atoms with Gasteiger partial charge in [-0.25, -0.2) is 0 Å². The Hall–Kier alpha value is -1.69. The molecule has 1 saturated heterocycles. The molecule has 0 spiro atoms. The lowest BCUT2D eigenvalue weighted by molar-refractivity contribution is 0.0179. The number of halogens is 2. The van der Waals surface area contributed by atoms with Crippen molar-refractivity contribution in [2.24, 2.45) is 0 Å². The number of hydrogen-bond donors (Lipinski definition) is 1. The van der Waals surface area contributed by atoms with Crippen LogP contribution in [0.5, 0.6) is 0 Å². The minimum atomic E-state index is -3.26. The fourth-order valence-electron chi connectivity index (χ4n) is 3.82. The van der Waals surface area contributed by atoms with Gasteiger partial charge in [0.15, 0.2) is 7.29 Å². The Balaban J connectivity index is 1.65. The number of ether oxygens (including phenoxy) is 1. The first-order chi connectivity index (χ1) is 16.5. The maximum atomic E-state index is 14.3. The van der Waals surface area contributed by atoms with Gasteiger partial charge in [-0.15, -0.1) is 11.3 Å². The fraction of sp³-hybridized carbons (Fsp3) is 0.231. The summed E-state index contributed by atoms with van der Waals surface area (Å²) in [6, 6.07) is 23.3. The summed E-state index contributed by atoms with van der Waals surface area (Å²) in [5.74, 6) is 3.22. The largest absolute Gasteiger partial charge is 0.379 e. The standard InChI is InChI=1S/C26H27Cl2N2O2PS/c27-23(21-8-3-1-4-9-21)19-33(31,20-24(28)22-10-5-2-6-11-22)29-18-25(26-12-7-17-34-26)30-13-15-32-16-14-30/h1-12,17,19-20,25H,13-16,18H2,(H,29,31)/b23-19-,24-20+. The second kappa shape index (κ2) is 12.3. The first-order valence-corrected chi connectivity index (χ1v) is 14.6. The molecule has 2 heterocycles. The van der Waals surface area contributed by atoms with E-state index in [4.69, 9.17) is 27.9 Å². The van der Waals surface area contributed by atoms with E-state index in [0.29, 0.717) is 29.8 Å². The van der Waals surface area contributed by atoms with Crippen LogP contribution in [-0.2, 0) is 9.30 Å². The van der Waals surface area contributed by atoms with Crippen LogP contribution in [0.15, 0.2) is 89.8 Å². The van der Waals surface area contributed by atoms with E-state index in [1.165, 1.54) is 4.88 Å². The molecule has 1 N–H and O–H groups in total. The molecule has 0 amide bonds. The molecule has 34 heavy (non-hydrogen) atoms. The zero-order chi connectivity index (χ0) is 23.8. The molecule has 178 valence electrons. The summed E-state index contributed by atoms with van der Waals surface area (Å²) in [6.45, 7) is 3.53. The number of nitrogens with one attached hydrogen (secondary N) is 1. The minimum absolute atomic E-state index is 0.0741. The topological polar surface area (TPSA) is 41.6 Å². The summed E-state index contributed by atoms with van der Waals surface area (Å²) in [5, 5.41) is 6.25. The molecule has 0 aliphatic carbocycles. The van der Waals surface area contributed by atoms with E-state index in [2.05, 4.69) is 21.4 Å². The molecule has 1 fully saturated rings. The van der Waals surface area contributed by atoms with E-state index in [-0.39, 0.29) is 6.04 Å². The number of thiophene rings is 1. The monoisotopic (exact) mass is 532 g/mol. The predicted molar refractivity (Wildman–Crippen MR) is 146 cm³/mol. The summed E-state index contributed by atoms with van der Waals surface area (Å²) >= 11 is 15.0. The van der Waals surface area contributed by atoms with Gasteiger partial charge in [-0.05, 0) is 22.6 Å². The minimum Gasteiger partial charge on any atom is -0.379 e. The van der Waals surface area contributed by atoms with Gasteiger partial charge in [0, 0.05) is 36.1 Å². The molecule has 0 bridgehead atoms. The third kappa shape index (κ3) is 6.93. The summed E-state index contributed by atoms with van der Waals surface area (Å²) in [4.78, 5) is 3.59. The van der Waals surface area contributed by atoms with Crippen LogP contribution in [0.2, 0.25) is 0 Å². The van der Waals surface area contributed by atoms with Crippen LogP contribution in [0.25, 0.3) is 10.1 Å². The van der Waals surface area contributed by atoms with Gasteiger partial charge in [0.2, 0.25) is 0 Å². The van der Waals surface area contributed by atoms with Crippen molar-refractivity contribution < 1.29 is 9.30 Å². The summed E-state index contributed by atoms with van der Waals surface area (Å²) < 4.78 is 19.8. The molecule has 1 aromatic heterocycles. The Morgan fingerprint density at radius 3 is 2.00 bits per heavy atom. The molecule has 0 saturated carbocycles. The maximum absolute atomic E-state index is 14.3. The van der Waals surface area contributed by atoms with Crippen molar-refractivity contribution in [3.63, 3.8) is 0 Å². The van der Waals surface area contributed by atoms with E-state index in [0.717, 1.165) is 24.2 Å². The Morgan fingerprint density at radius 1 is 0.941 bits per heavy atom. The Morgan fingerprint density at radius 2 is 1.50 bits per heavy atom. The highest BCUT2D eigenvalue weighted by atomic mass is 35.5. The average Bonchev–Trinajstić information content (AvgIpc) is 3.40. The van der Waals surface area contributed by atoms with Crippen LogP contribution in [-0.4, -0.2) is 37.7 Å². The van der Waals surface area contributed by atoms with E-state index < -0.39 is 7.29 Å². The van der Waals surface area contributed by atoms with E-state index >= 15 is 0 Å². The molecule has 2 atom stereocenters. The zero-order valence-electron chi connectivity index (χ0n) is 18.6. The average molecular weight is 533 g/mol. The number of morpholine rings is 1. The number of nitrogens with zero attached hydrogens (tertiary/aromatic N) is 1. The lowest BCUT2D eigenvalue weighted by Crippen LogP contribution is -2.42. The summed E-state index contributed by atoms with van der Waals surface area (Å²) in [7, 11) is -3.26. The second-order valence-corrected chi connectivity index (χ2v) is 12.0. The van der Waals surface area contributed by atoms with E-state index in [1.807, 2.05) is 66.7 Å². The summed E-state index contributed by atoms with van der Waals surface area (Å²) in [5.41, 5.74) is 1.61. The van der Waals surface area contributed by atoms with Gasteiger partial charge in [0.25, 0.3) is 0 Å². The van der Waals surface area contributed by atoms with Gasteiger partial charge in [0.05, 0.1) is 29.3 Å². The molecule has 8 heteroatoms. The van der Waals surface area contributed by atoms with Crippen LogP contribution < -0.4 is 5.09 Å². The zero-order valence-corrected chi connectivity index (χ0v) is 21.9. The van der Waals surface area contributed by atoms with Crippen molar-refractivity contribution in [1.82, 2.24) is 9.99 Å². The van der Waals surface area contributed by atoms with Gasteiger partial charge < -0.3 is 4.74 Å². The molecule has 1 aliphatic rings. The highest BCUT2D eigenvalue weighted by molar-refractivity contribution is 7.68. The Labute approximate surface area is 215 Å². The molecule has 3 aromatic rings. The molecule has 2 unspecified atom stereocenters. The number of hydrogen-bond acceptors (Lipinski definition) is 4. The van der Waals surface area contributed by atoms with E-state index in [1.54, 1.807) is 23.0 Å².